The van der Waals surface area contributed by atoms with Gasteiger partial charge in [0.1, 0.15) is 6.10 Å². The Morgan fingerprint density at radius 1 is 1.40 bits per heavy atom. The van der Waals surface area contributed by atoms with Crippen molar-refractivity contribution in [2.24, 2.45) is 0 Å². The van der Waals surface area contributed by atoms with Crippen molar-refractivity contribution in [1.29, 1.82) is 0 Å². The van der Waals surface area contributed by atoms with E-state index in [9.17, 15) is 4.79 Å². The zero-order valence-corrected chi connectivity index (χ0v) is 12.5. The summed E-state index contributed by atoms with van der Waals surface area (Å²) in [5, 5.41) is 6.91. The van der Waals surface area contributed by atoms with Crippen LogP contribution in [0.15, 0.2) is 24.3 Å². The molecule has 0 fully saturated rings. The van der Waals surface area contributed by atoms with Crippen molar-refractivity contribution in [3.63, 3.8) is 0 Å². The molecular weight excluding hydrogens is 274 g/mol. The second kappa shape index (κ2) is 7.21. The molecule has 1 heterocycles. The quantitative estimate of drug-likeness (QED) is 0.769. The molecule has 1 amide bonds. The number of hydrogen-bond donors (Lipinski definition) is 2. The Labute approximate surface area is 122 Å². The molecule has 0 spiro atoms. The summed E-state index contributed by atoms with van der Waals surface area (Å²) in [5.74, 6) is -0.0852. The number of carbonyl (C=O) groups excluding carboxylic acids is 1. The second-order valence-electron chi connectivity index (χ2n) is 4.30. The maximum absolute atomic E-state index is 11.6. The molecule has 6 heteroatoms. The monoisotopic (exact) mass is 293 g/mol. The Balaban J connectivity index is 1.74. The molecule has 1 aromatic carbocycles. The third-order valence-corrected chi connectivity index (χ3v) is 3.77. The zero-order chi connectivity index (χ0) is 14.4. The molecule has 0 radical (unpaired) electrons. The fraction of sp³-hybridized carbons (Fsp3) is 0.429. The van der Waals surface area contributed by atoms with E-state index in [2.05, 4.69) is 15.6 Å². The summed E-state index contributed by atoms with van der Waals surface area (Å²) in [6, 6.07) is 8.01. The van der Waals surface area contributed by atoms with Gasteiger partial charge in [-0.05, 0) is 26.0 Å². The summed E-state index contributed by atoms with van der Waals surface area (Å²) < 4.78 is 6.37. The lowest BCUT2D eigenvalue weighted by Gasteiger charge is -2.11. The number of aromatic nitrogens is 1. The Hall–Kier alpha value is -1.66. The van der Waals surface area contributed by atoms with Gasteiger partial charge in [0.05, 0.1) is 10.2 Å². The van der Waals surface area contributed by atoms with Crippen molar-refractivity contribution in [2.75, 3.05) is 25.0 Å². The fourth-order valence-electron chi connectivity index (χ4n) is 1.77. The molecule has 0 saturated heterocycles. The number of anilines is 1. The SMILES string of the molecule is CCO[C@@H](C)C(=O)NCCNc1nc2ccccc2s1. The first-order valence-electron chi connectivity index (χ1n) is 6.69. The maximum Gasteiger partial charge on any atom is 0.248 e. The second-order valence-corrected chi connectivity index (χ2v) is 5.33. The van der Waals surface area contributed by atoms with Crippen LogP contribution in [0.1, 0.15) is 13.8 Å². The lowest BCUT2D eigenvalue weighted by atomic mass is 10.3. The molecule has 0 aliphatic rings. The molecule has 0 aliphatic carbocycles. The molecule has 0 bridgehead atoms. The van der Waals surface area contributed by atoms with Gasteiger partial charge in [-0.2, -0.15) is 0 Å². The van der Waals surface area contributed by atoms with E-state index in [1.54, 1.807) is 18.3 Å². The number of nitrogens with zero attached hydrogens (tertiary/aromatic N) is 1. The minimum absolute atomic E-state index is 0.0852. The van der Waals surface area contributed by atoms with Crippen LogP contribution in [-0.2, 0) is 9.53 Å². The number of amides is 1. The first kappa shape index (κ1) is 14.7. The van der Waals surface area contributed by atoms with E-state index in [0.717, 1.165) is 15.3 Å². The molecule has 2 rings (SSSR count). The number of para-hydroxylation sites is 1. The number of thiazole rings is 1. The van der Waals surface area contributed by atoms with E-state index in [1.807, 2.05) is 31.2 Å². The smallest absolute Gasteiger partial charge is 0.248 e. The van der Waals surface area contributed by atoms with Gasteiger partial charge in [0.15, 0.2) is 5.13 Å². The van der Waals surface area contributed by atoms with Gasteiger partial charge < -0.3 is 15.4 Å². The first-order valence-corrected chi connectivity index (χ1v) is 7.51. The highest BCUT2D eigenvalue weighted by Crippen LogP contribution is 2.24. The predicted molar refractivity (Wildman–Crippen MR) is 82.2 cm³/mol. The number of rotatable bonds is 7. The number of hydrogen-bond acceptors (Lipinski definition) is 5. The fourth-order valence-corrected chi connectivity index (χ4v) is 2.66. The summed E-state index contributed by atoms with van der Waals surface area (Å²) in [6.07, 6.45) is -0.401. The van der Waals surface area contributed by atoms with E-state index in [1.165, 1.54) is 0 Å². The summed E-state index contributed by atoms with van der Waals surface area (Å²) in [7, 11) is 0. The molecule has 0 saturated carbocycles. The van der Waals surface area contributed by atoms with Crippen molar-refractivity contribution < 1.29 is 9.53 Å². The van der Waals surface area contributed by atoms with Gasteiger partial charge in [0, 0.05) is 19.7 Å². The lowest BCUT2D eigenvalue weighted by Crippen LogP contribution is -2.37. The highest BCUT2D eigenvalue weighted by atomic mass is 32.1. The van der Waals surface area contributed by atoms with E-state index >= 15 is 0 Å². The summed E-state index contributed by atoms with van der Waals surface area (Å²) in [4.78, 5) is 16.1. The van der Waals surface area contributed by atoms with E-state index < -0.39 is 6.10 Å². The minimum atomic E-state index is -0.401. The molecule has 108 valence electrons. The van der Waals surface area contributed by atoms with Crippen LogP contribution in [0.4, 0.5) is 5.13 Å². The van der Waals surface area contributed by atoms with Crippen molar-refractivity contribution >= 4 is 32.6 Å². The lowest BCUT2D eigenvalue weighted by molar-refractivity contribution is -0.131. The van der Waals surface area contributed by atoms with Crippen molar-refractivity contribution in [2.45, 2.75) is 20.0 Å². The van der Waals surface area contributed by atoms with Gasteiger partial charge in [-0.15, -0.1) is 0 Å². The predicted octanol–water partition coefficient (Wildman–Crippen LogP) is 2.25. The Morgan fingerprint density at radius 2 is 2.20 bits per heavy atom. The number of nitrogens with one attached hydrogen (secondary N) is 2. The largest absolute Gasteiger partial charge is 0.369 e. The van der Waals surface area contributed by atoms with Gasteiger partial charge >= 0.3 is 0 Å². The average molecular weight is 293 g/mol. The molecule has 2 aromatic rings. The number of fused-ring (bicyclic) bond motifs is 1. The van der Waals surface area contributed by atoms with Crippen LogP contribution in [0.2, 0.25) is 0 Å². The molecule has 20 heavy (non-hydrogen) atoms. The van der Waals surface area contributed by atoms with Crippen molar-refractivity contribution in [3.05, 3.63) is 24.3 Å². The van der Waals surface area contributed by atoms with Gasteiger partial charge in [0.25, 0.3) is 0 Å². The van der Waals surface area contributed by atoms with Crippen LogP contribution in [0.25, 0.3) is 10.2 Å². The Morgan fingerprint density at radius 3 is 2.95 bits per heavy atom. The van der Waals surface area contributed by atoms with Gasteiger partial charge in [-0.1, -0.05) is 23.5 Å². The minimum Gasteiger partial charge on any atom is -0.369 e. The number of ether oxygens (including phenoxy) is 1. The van der Waals surface area contributed by atoms with Crippen molar-refractivity contribution in [3.8, 4) is 0 Å². The molecule has 0 unspecified atom stereocenters. The highest BCUT2D eigenvalue weighted by molar-refractivity contribution is 7.22. The normalized spacial score (nSPS) is 12.3. The third kappa shape index (κ3) is 3.91. The summed E-state index contributed by atoms with van der Waals surface area (Å²) in [5.41, 5.74) is 0.994. The molecule has 1 aromatic heterocycles. The Kier molecular flexibility index (Phi) is 5.31. The molecule has 2 N–H and O–H groups in total. The van der Waals surface area contributed by atoms with Crippen LogP contribution >= 0.6 is 11.3 Å². The van der Waals surface area contributed by atoms with Gasteiger partial charge in [-0.25, -0.2) is 4.98 Å². The van der Waals surface area contributed by atoms with Crippen LogP contribution in [-0.4, -0.2) is 36.7 Å². The third-order valence-electron chi connectivity index (χ3n) is 2.78. The number of carbonyl (C=O) groups is 1. The van der Waals surface area contributed by atoms with Crippen molar-refractivity contribution in [1.82, 2.24) is 10.3 Å². The van der Waals surface area contributed by atoms with Crippen LogP contribution < -0.4 is 10.6 Å². The molecule has 1 atom stereocenters. The summed E-state index contributed by atoms with van der Waals surface area (Å²) in [6.45, 7) is 5.35. The Bertz CT molecular complexity index is 537. The van der Waals surface area contributed by atoms with E-state index in [0.29, 0.717) is 19.7 Å². The van der Waals surface area contributed by atoms with Crippen LogP contribution in [0, 0.1) is 0 Å². The standard InChI is InChI=1S/C14H19N3O2S/c1-3-19-10(2)13(18)15-8-9-16-14-17-11-6-4-5-7-12(11)20-14/h4-7,10H,3,8-9H2,1-2H3,(H,15,18)(H,16,17)/t10-/m0/s1. The topological polar surface area (TPSA) is 63.2 Å². The molecular formula is C14H19N3O2S. The summed E-state index contributed by atoms with van der Waals surface area (Å²) >= 11 is 1.61. The van der Waals surface area contributed by atoms with Crippen LogP contribution in [0.5, 0.6) is 0 Å². The van der Waals surface area contributed by atoms with Crippen LogP contribution in [0.3, 0.4) is 0 Å². The molecule has 5 nitrogen and oxygen atoms in total. The number of benzene rings is 1. The van der Waals surface area contributed by atoms with Gasteiger partial charge in [0.2, 0.25) is 5.91 Å². The van der Waals surface area contributed by atoms with E-state index in [4.69, 9.17) is 4.74 Å². The average Bonchev–Trinajstić information content (AvgIpc) is 2.86. The maximum atomic E-state index is 11.6. The first-order chi connectivity index (χ1) is 9.70. The van der Waals surface area contributed by atoms with E-state index in [-0.39, 0.29) is 5.91 Å². The van der Waals surface area contributed by atoms with Gasteiger partial charge in [-0.3, -0.25) is 4.79 Å². The zero-order valence-electron chi connectivity index (χ0n) is 11.7. The highest BCUT2D eigenvalue weighted by Gasteiger charge is 2.11. The molecule has 0 aliphatic heterocycles.